The zero-order valence-corrected chi connectivity index (χ0v) is 27.6. The zero-order chi connectivity index (χ0) is 34.6. The molecule has 11 nitrogen and oxygen atoms in total. The van der Waals surface area contributed by atoms with Crippen LogP contribution in [-0.2, 0) is 21.4 Å². The molecule has 12 heteroatoms. The van der Waals surface area contributed by atoms with E-state index in [4.69, 9.17) is 14.2 Å². The normalized spacial score (nSPS) is 11.1. The van der Waals surface area contributed by atoms with Crippen LogP contribution in [0.5, 0.6) is 17.2 Å². The predicted molar refractivity (Wildman–Crippen MR) is 188 cm³/mol. The summed E-state index contributed by atoms with van der Waals surface area (Å²) in [4.78, 5) is 25.8. The van der Waals surface area contributed by atoms with Crippen molar-refractivity contribution < 1.29 is 32.2 Å². The van der Waals surface area contributed by atoms with Gasteiger partial charge in [0.2, 0.25) is 0 Å². The first-order valence-corrected chi connectivity index (χ1v) is 16.5. The molecule has 0 aromatic heterocycles. The van der Waals surface area contributed by atoms with Crippen LogP contribution >= 0.6 is 0 Å². The quantitative estimate of drug-likeness (QED) is 0.111. The molecule has 250 valence electrons. The van der Waals surface area contributed by atoms with Gasteiger partial charge in [0.25, 0.3) is 21.8 Å². The van der Waals surface area contributed by atoms with Gasteiger partial charge in [-0.05, 0) is 83.9 Å². The third-order valence-corrected chi connectivity index (χ3v) is 9.02. The van der Waals surface area contributed by atoms with E-state index in [0.717, 1.165) is 5.56 Å². The van der Waals surface area contributed by atoms with E-state index in [1.807, 2.05) is 30.3 Å². The first-order chi connectivity index (χ1) is 23.8. The Balaban J connectivity index is 1.27. The van der Waals surface area contributed by atoms with Gasteiger partial charge in [0.05, 0.1) is 48.8 Å². The van der Waals surface area contributed by atoms with Crippen molar-refractivity contribution in [3.63, 3.8) is 0 Å². The molecule has 0 fully saturated rings. The molecule has 0 aliphatic carbocycles. The van der Waals surface area contributed by atoms with Crippen molar-refractivity contribution in [3.05, 3.63) is 144 Å². The Morgan fingerprint density at radius 2 is 1.41 bits per heavy atom. The molecule has 2 amide bonds. The highest BCUT2D eigenvalue weighted by Crippen LogP contribution is 2.30. The van der Waals surface area contributed by atoms with Gasteiger partial charge in [-0.15, -0.1) is 0 Å². The number of hydrogen-bond donors (Lipinski definition) is 2. The molecule has 0 saturated carbocycles. The van der Waals surface area contributed by atoms with E-state index in [1.165, 1.54) is 42.9 Å². The molecular weight excluding hydrogens is 644 g/mol. The van der Waals surface area contributed by atoms with Crippen LogP contribution in [0.15, 0.2) is 137 Å². The lowest BCUT2D eigenvalue weighted by Gasteiger charge is -2.26. The maximum Gasteiger partial charge on any atom is 0.273 e. The van der Waals surface area contributed by atoms with Crippen LogP contribution in [0.25, 0.3) is 0 Å². The van der Waals surface area contributed by atoms with Crippen LogP contribution in [0, 0.1) is 0 Å². The standard InChI is InChI=1S/C37H34N4O7S/c1-46-29-20-22-31(23-21-29)49(44,45)41(25-28-10-4-3-5-11-28)34-14-8-6-12-32(34)37(43)40-38-24-27-16-18-30(19-17-27)48-26-36(42)39-33-13-7-9-15-35(33)47-2/h3-24H,25-26H2,1-2H3,(H,39,42)(H,40,43)/b38-24-. The topological polar surface area (TPSA) is 136 Å². The van der Waals surface area contributed by atoms with E-state index < -0.39 is 15.9 Å². The summed E-state index contributed by atoms with van der Waals surface area (Å²) in [5.41, 5.74) is 4.72. The van der Waals surface area contributed by atoms with Crippen molar-refractivity contribution in [1.82, 2.24) is 5.43 Å². The van der Waals surface area contributed by atoms with Gasteiger partial charge < -0.3 is 19.5 Å². The molecule has 5 aromatic carbocycles. The second-order valence-corrected chi connectivity index (χ2v) is 12.4. The number of carbonyl (C=O) groups excluding carboxylic acids is 2. The Morgan fingerprint density at radius 1 is 0.755 bits per heavy atom. The van der Waals surface area contributed by atoms with E-state index in [1.54, 1.807) is 78.9 Å². The zero-order valence-electron chi connectivity index (χ0n) is 26.8. The van der Waals surface area contributed by atoms with Gasteiger partial charge in [-0.3, -0.25) is 13.9 Å². The average Bonchev–Trinajstić information content (AvgIpc) is 3.14. The van der Waals surface area contributed by atoms with Gasteiger partial charge in [-0.25, -0.2) is 13.8 Å². The van der Waals surface area contributed by atoms with Gasteiger partial charge >= 0.3 is 0 Å². The second-order valence-electron chi connectivity index (χ2n) is 10.5. The van der Waals surface area contributed by atoms with Crippen molar-refractivity contribution in [3.8, 4) is 17.2 Å². The van der Waals surface area contributed by atoms with Crippen molar-refractivity contribution >= 4 is 39.4 Å². The molecule has 5 rings (SSSR count). The molecule has 0 heterocycles. The Morgan fingerprint density at radius 3 is 2.12 bits per heavy atom. The maximum absolute atomic E-state index is 14.0. The Hall–Kier alpha value is -6.14. The van der Waals surface area contributed by atoms with Gasteiger partial charge in [-0.1, -0.05) is 54.6 Å². The molecule has 5 aromatic rings. The van der Waals surface area contributed by atoms with Crippen LogP contribution in [0.2, 0.25) is 0 Å². The molecule has 0 spiro atoms. The smallest absolute Gasteiger partial charge is 0.273 e. The number of hydrogen-bond acceptors (Lipinski definition) is 8. The Kier molecular flexibility index (Phi) is 11.2. The highest BCUT2D eigenvalue weighted by Gasteiger charge is 2.28. The third-order valence-electron chi connectivity index (χ3n) is 7.24. The molecule has 0 aliphatic heterocycles. The van der Waals surface area contributed by atoms with Crippen molar-refractivity contribution in [2.24, 2.45) is 5.10 Å². The number of sulfonamides is 1. The fourth-order valence-electron chi connectivity index (χ4n) is 4.77. The first kappa shape index (κ1) is 34.2. The lowest BCUT2D eigenvalue weighted by Crippen LogP contribution is -2.33. The predicted octanol–water partition coefficient (Wildman–Crippen LogP) is 5.88. The summed E-state index contributed by atoms with van der Waals surface area (Å²) in [7, 11) is -1.09. The summed E-state index contributed by atoms with van der Waals surface area (Å²) < 4.78 is 45.3. The number of methoxy groups -OCH3 is 2. The first-order valence-electron chi connectivity index (χ1n) is 15.1. The molecule has 0 aliphatic rings. The number of ether oxygens (including phenoxy) is 3. The molecule has 0 radical (unpaired) electrons. The van der Waals surface area contributed by atoms with E-state index in [2.05, 4.69) is 15.8 Å². The lowest BCUT2D eigenvalue weighted by molar-refractivity contribution is -0.118. The molecule has 0 saturated heterocycles. The number of hydrazone groups is 1. The molecule has 49 heavy (non-hydrogen) atoms. The van der Waals surface area contributed by atoms with Crippen molar-refractivity contribution in [2.45, 2.75) is 11.4 Å². The summed E-state index contributed by atoms with van der Waals surface area (Å²) in [5, 5.41) is 6.83. The summed E-state index contributed by atoms with van der Waals surface area (Å²) >= 11 is 0. The monoisotopic (exact) mass is 678 g/mol. The summed E-state index contributed by atoms with van der Waals surface area (Å²) in [6.07, 6.45) is 1.44. The molecule has 0 atom stereocenters. The van der Waals surface area contributed by atoms with Gasteiger partial charge in [0, 0.05) is 0 Å². The van der Waals surface area contributed by atoms with Crippen LogP contribution in [-0.4, -0.2) is 47.3 Å². The number of nitrogens with zero attached hydrogens (tertiary/aromatic N) is 2. The number of amides is 2. The van der Waals surface area contributed by atoms with Crippen LogP contribution in [0.1, 0.15) is 21.5 Å². The maximum atomic E-state index is 14.0. The molecule has 2 N–H and O–H groups in total. The molecular formula is C37H34N4O7S. The SMILES string of the molecule is COc1ccc(S(=O)(=O)N(Cc2ccccc2)c2ccccc2C(=O)N/N=C\c2ccc(OCC(=O)Nc3ccccc3OC)cc2)cc1. The minimum atomic E-state index is -4.11. The fourth-order valence-corrected chi connectivity index (χ4v) is 6.24. The van der Waals surface area contributed by atoms with Gasteiger partial charge in [0.15, 0.2) is 6.61 Å². The summed E-state index contributed by atoms with van der Waals surface area (Å²) in [5.74, 6) is 0.564. The second kappa shape index (κ2) is 16.1. The van der Waals surface area contributed by atoms with E-state index in [0.29, 0.717) is 28.5 Å². The van der Waals surface area contributed by atoms with Gasteiger partial charge in [-0.2, -0.15) is 5.10 Å². The van der Waals surface area contributed by atoms with Crippen molar-refractivity contribution in [2.75, 3.05) is 30.4 Å². The molecule has 0 bridgehead atoms. The number of nitrogens with one attached hydrogen (secondary N) is 2. The largest absolute Gasteiger partial charge is 0.497 e. The number of carbonyl (C=O) groups is 2. The number of para-hydroxylation sites is 3. The third kappa shape index (κ3) is 8.82. The molecule has 0 unspecified atom stereocenters. The van der Waals surface area contributed by atoms with E-state index in [9.17, 15) is 18.0 Å². The number of rotatable bonds is 14. The van der Waals surface area contributed by atoms with Gasteiger partial charge in [0.1, 0.15) is 17.2 Å². The summed E-state index contributed by atoms with van der Waals surface area (Å²) in [6.45, 7) is -0.226. The Labute approximate surface area is 284 Å². The average molecular weight is 679 g/mol. The highest BCUT2D eigenvalue weighted by atomic mass is 32.2. The Bertz CT molecular complexity index is 2020. The minimum Gasteiger partial charge on any atom is -0.497 e. The lowest BCUT2D eigenvalue weighted by atomic mass is 10.1. The van der Waals surface area contributed by atoms with E-state index in [-0.39, 0.29) is 35.2 Å². The van der Waals surface area contributed by atoms with Crippen LogP contribution < -0.4 is 29.3 Å². The van der Waals surface area contributed by atoms with Crippen molar-refractivity contribution in [1.29, 1.82) is 0 Å². The summed E-state index contributed by atoms with van der Waals surface area (Å²) in [6, 6.07) is 35.4. The minimum absolute atomic E-state index is 0.0146. The highest BCUT2D eigenvalue weighted by molar-refractivity contribution is 7.92. The van der Waals surface area contributed by atoms with Crippen LogP contribution in [0.4, 0.5) is 11.4 Å². The van der Waals surface area contributed by atoms with Crippen LogP contribution in [0.3, 0.4) is 0 Å². The van der Waals surface area contributed by atoms with E-state index >= 15 is 0 Å². The number of benzene rings is 5. The fraction of sp³-hybridized carbons (Fsp3) is 0.108. The number of anilines is 2.